The van der Waals surface area contributed by atoms with E-state index in [9.17, 15) is 5.26 Å². The van der Waals surface area contributed by atoms with E-state index in [-0.39, 0.29) is 17.3 Å². The molecule has 1 aliphatic carbocycles. The molecule has 3 heterocycles. The lowest BCUT2D eigenvalue weighted by atomic mass is 9.73. The van der Waals surface area contributed by atoms with Crippen molar-refractivity contribution in [1.82, 2.24) is 15.0 Å². The molecule has 0 amide bonds. The number of pyridine rings is 1. The molecule has 5 rings (SSSR count). The Kier molecular flexibility index (Phi) is 5.52. The Hall–Kier alpha value is -3.06. The first-order valence-corrected chi connectivity index (χ1v) is 11.8. The van der Waals surface area contributed by atoms with E-state index in [0.717, 1.165) is 48.6 Å². The van der Waals surface area contributed by atoms with Gasteiger partial charge < -0.3 is 22.1 Å². The Labute approximate surface area is 201 Å². The number of rotatable bonds is 3. The van der Waals surface area contributed by atoms with Crippen molar-refractivity contribution in [3.05, 3.63) is 58.4 Å². The number of hydrogen-bond donors (Lipinski definition) is 3. The minimum atomic E-state index is -0.0598. The summed E-state index contributed by atoms with van der Waals surface area (Å²) < 4.78 is 0. The number of aromatic nitrogens is 3. The number of piperidine rings is 1. The zero-order valence-corrected chi connectivity index (χ0v) is 19.4. The van der Waals surface area contributed by atoms with E-state index in [1.807, 2.05) is 12.1 Å². The Morgan fingerprint density at radius 1 is 1.15 bits per heavy atom. The number of hydrogen-bond acceptors (Lipinski definition) is 9. The maximum atomic E-state index is 9.23. The molecule has 0 radical (unpaired) electrons. The van der Waals surface area contributed by atoms with Crippen LogP contribution in [0.1, 0.15) is 35.6 Å². The summed E-state index contributed by atoms with van der Waals surface area (Å²) in [5, 5.41) is 10.2. The molecule has 3 aromatic rings. The molecule has 33 heavy (non-hydrogen) atoms. The molecule has 0 saturated carbocycles. The molecule has 2 aromatic heterocycles. The number of nitrogens with zero attached hydrogens (tertiary/aromatic N) is 5. The number of nitrogen functional groups attached to an aromatic ring is 2. The predicted molar refractivity (Wildman–Crippen MR) is 130 cm³/mol. The molecule has 2 aliphatic rings. The van der Waals surface area contributed by atoms with Crippen molar-refractivity contribution < 1.29 is 0 Å². The third kappa shape index (κ3) is 3.84. The topological polar surface area (TPSA) is 144 Å². The van der Waals surface area contributed by atoms with Crippen molar-refractivity contribution in [1.29, 1.82) is 5.26 Å². The lowest BCUT2D eigenvalue weighted by molar-refractivity contribution is 0.187. The van der Waals surface area contributed by atoms with Crippen LogP contribution in [-0.2, 0) is 6.42 Å². The molecular formula is C23H23ClN8S. The summed E-state index contributed by atoms with van der Waals surface area (Å²) in [5.41, 5.74) is 21.8. The molecule has 6 N–H and O–H groups in total. The predicted octanol–water partition coefficient (Wildman–Crippen LogP) is 3.55. The highest BCUT2D eigenvalue weighted by Crippen LogP contribution is 2.51. The molecule has 1 aliphatic heterocycles. The summed E-state index contributed by atoms with van der Waals surface area (Å²) in [6.45, 7) is 1.64. The van der Waals surface area contributed by atoms with Crippen LogP contribution >= 0.6 is 23.4 Å². The lowest BCUT2D eigenvalue weighted by Crippen LogP contribution is -2.44. The van der Waals surface area contributed by atoms with E-state index in [2.05, 4.69) is 32.0 Å². The largest absolute Gasteiger partial charge is 0.382 e. The van der Waals surface area contributed by atoms with Crippen LogP contribution in [0.3, 0.4) is 0 Å². The fourth-order valence-corrected chi connectivity index (χ4v) is 5.86. The van der Waals surface area contributed by atoms with Gasteiger partial charge in [-0.05, 0) is 54.0 Å². The smallest absolute Gasteiger partial charge is 0.158 e. The number of benzene rings is 1. The first-order valence-electron chi connectivity index (χ1n) is 10.6. The monoisotopic (exact) mass is 478 g/mol. The second-order valence-corrected chi connectivity index (χ2v) is 9.97. The second-order valence-electron chi connectivity index (χ2n) is 8.56. The van der Waals surface area contributed by atoms with Gasteiger partial charge in [0.25, 0.3) is 0 Å². The van der Waals surface area contributed by atoms with Crippen molar-refractivity contribution in [3.63, 3.8) is 0 Å². The number of nitrogens with two attached hydrogens (primary N) is 3. The van der Waals surface area contributed by atoms with Gasteiger partial charge in [-0.1, -0.05) is 29.4 Å². The number of nitriles is 1. The summed E-state index contributed by atoms with van der Waals surface area (Å²) in [5.74, 6) is 1.37. The van der Waals surface area contributed by atoms with E-state index in [0.29, 0.717) is 21.4 Å². The third-order valence-electron chi connectivity index (χ3n) is 6.73. The Morgan fingerprint density at radius 2 is 1.94 bits per heavy atom. The van der Waals surface area contributed by atoms with Gasteiger partial charge in [0.05, 0.1) is 22.9 Å². The summed E-state index contributed by atoms with van der Waals surface area (Å²) in [4.78, 5) is 16.0. The fourth-order valence-electron chi connectivity index (χ4n) is 4.84. The first-order chi connectivity index (χ1) is 15.9. The van der Waals surface area contributed by atoms with Gasteiger partial charge in [-0.15, -0.1) is 0 Å². The number of anilines is 3. The SMILES string of the molecule is N#Cc1ccc2c(c1)[C@@H](N)C1(CCN(c3cnc(Sc4ccnc(N)c4Cl)c(N)n3)CC1)C2. The van der Waals surface area contributed by atoms with Crippen molar-refractivity contribution in [2.75, 3.05) is 29.5 Å². The minimum Gasteiger partial charge on any atom is -0.382 e. The highest BCUT2D eigenvalue weighted by atomic mass is 35.5. The maximum Gasteiger partial charge on any atom is 0.158 e. The number of halogens is 1. The van der Waals surface area contributed by atoms with Gasteiger partial charge in [-0.2, -0.15) is 5.26 Å². The average molecular weight is 479 g/mol. The molecule has 1 fully saturated rings. The zero-order valence-electron chi connectivity index (χ0n) is 17.8. The molecule has 168 valence electrons. The molecule has 1 saturated heterocycles. The summed E-state index contributed by atoms with van der Waals surface area (Å²) in [6.07, 6.45) is 6.17. The standard InChI is InChI=1S/C23H23ClN8S/c24-18-16(3-6-29-20(18)27)33-22-21(28)31-17(12-30-22)32-7-4-23(5-8-32)10-14-2-1-13(11-25)9-15(14)19(23)26/h1-3,6,9,12,19H,4-5,7-8,10,26H2,(H2,27,29)(H2,28,31)/t19-/m1/s1. The third-order valence-corrected chi connectivity index (χ3v) is 8.31. The van der Waals surface area contributed by atoms with Crippen LogP contribution in [0.4, 0.5) is 17.5 Å². The highest BCUT2D eigenvalue weighted by Gasteiger charge is 2.46. The molecular weight excluding hydrogens is 456 g/mol. The van der Waals surface area contributed by atoms with Gasteiger partial charge in [0.15, 0.2) is 5.82 Å². The van der Waals surface area contributed by atoms with Crippen LogP contribution in [-0.4, -0.2) is 28.0 Å². The van der Waals surface area contributed by atoms with E-state index in [1.54, 1.807) is 18.5 Å². The molecule has 1 spiro atoms. The second kappa shape index (κ2) is 8.37. The van der Waals surface area contributed by atoms with Crippen LogP contribution in [0.15, 0.2) is 46.6 Å². The molecule has 1 aromatic carbocycles. The van der Waals surface area contributed by atoms with Crippen LogP contribution in [0, 0.1) is 16.7 Å². The molecule has 0 unspecified atom stereocenters. The highest BCUT2D eigenvalue weighted by molar-refractivity contribution is 7.99. The molecule has 8 nitrogen and oxygen atoms in total. The molecule has 10 heteroatoms. The average Bonchev–Trinajstić information content (AvgIpc) is 3.09. The Balaban J connectivity index is 1.29. The van der Waals surface area contributed by atoms with E-state index >= 15 is 0 Å². The van der Waals surface area contributed by atoms with E-state index in [4.69, 9.17) is 28.8 Å². The van der Waals surface area contributed by atoms with Crippen LogP contribution in [0.25, 0.3) is 0 Å². The maximum absolute atomic E-state index is 9.23. The van der Waals surface area contributed by atoms with Crippen LogP contribution < -0.4 is 22.1 Å². The van der Waals surface area contributed by atoms with E-state index < -0.39 is 0 Å². The normalized spacial score (nSPS) is 18.8. The lowest BCUT2D eigenvalue weighted by Gasteiger charge is -2.42. The zero-order chi connectivity index (χ0) is 23.2. The number of fused-ring (bicyclic) bond motifs is 1. The van der Waals surface area contributed by atoms with Crippen LogP contribution in [0.2, 0.25) is 5.02 Å². The van der Waals surface area contributed by atoms with Crippen molar-refractivity contribution in [3.8, 4) is 6.07 Å². The Bertz CT molecular complexity index is 1270. The minimum absolute atomic E-state index is 0.0136. The van der Waals surface area contributed by atoms with E-state index in [1.165, 1.54) is 17.3 Å². The van der Waals surface area contributed by atoms with Gasteiger partial charge in [-0.3, -0.25) is 0 Å². The van der Waals surface area contributed by atoms with Crippen molar-refractivity contribution in [2.24, 2.45) is 11.1 Å². The van der Waals surface area contributed by atoms with Gasteiger partial charge in [0, 0.05) is 30.2 Å². The summed E-state index contributed by atoms with van der Waals surface area (Å²) in [7, 11) is 0. The van der Waals surface area contributed by atoms with Gasteiger partial charge in [0.1, 0.15) is 16.7 Å². The molecule has 0 bridgehead atoms. The quantitative estimate of drug-likeness (QED) is 0.514. The van der Waals surface area contributed by atoms with Gasteiger partial charge in [-0.25, -0.2) is 15.0 Å². The van der Waals surface area contributed by atoms with Crippen molar-refractivity contribution >= 4 is 40.8 Å². The van der Waals surface area contributed by atoms with Crippen molar-refractivity contribution in [2.45, 2.75) is 35.2 Å². The molecule has 1 atom stereocenters. The summed E-state index contributed by atoms with van der Waals surface area (Å²) in [6, 6.07) is 9.81. The van der Waals surface area contributed by atoms with Gasteiger partial charge >= 0.3 is 0 Å². The van der Waals surface area contributed by atoms with Gasteiger partial charge in [0.2, 0.25) is 0 Å². The summed E-state index contributed by atoms with van der Waals surface area (Å²) >= 11 is 7.55. The fraction of sp³-hybridized carbons (Fsp3) is 0.304. The Morgan fingerprint density at radius 3 is 2.67 bits per heavy atom. The first kappa shape index (κ1) is 21.8. The van der Waals surface area contributed by atoms with Crippen LogP contribution in [0.5, 0.6) is 0 Å².